The molecule has 1 nitrogen and oxygen atoms in total. The van der Waals surface area contributed by atoms with E-state index in [1.807, 2.05) is 20.8 Å². The first-order valence-electron chi connectivity index (χ1n) is 5.77. The Balaban J connectivity index is 0.00000121. The van der Waals surface area contributed by atoms with Gasteiger partial charge in [0.2, 0.25) is 0 Å². The smallest absolute Gasteiger partial charge is 0.393 e. The molecular weight excluding hydrogens is 229 g/mol. The van der Waals surface area contributed by atoms with Crippen LogP contribution in [-0.2, 0) is 12.6 Å². The molecule has 17 heavy (non-hydrogen) atoms. The minimum atomic E-state index is -4.29. The molecule has 0 saturated carbocycles. The van der Waals surface area contributed by atoms with Crippen LogP contribution in [0.3, 0.4) is 0 Å². The predicted octanol–water partition coefficient (Wildman–Crippen LogP) is 4.05. The average Bonchev–Trinajstić information content (AvgIpc) is 2.31. The van der Waals surface area contributed by atoms with E-state index >= 15 is 0 Å². The average molecular weight is 248 g/mol. The van der Waals surface area contributed by atoms with E-state index in [-0.39, 0.29) is 0 Å². The van der Waals surface area contributed by atoms with Crippen LogP contribution < -0.4 is 0 Å². The second-order valence-corrected chi connectivity index (χ2v) is 3.46. The summed E-state index contributed by atoms with van der Waals surface area (Å²) < 4.78 is 36.6. The van der Waals surface area contributed by atoms with Crippen LogP contribution in [0.4, 0.5) is 13.2 Å². The van der Waals surface area contributed by atoms with Crippen LogP contribution in [-0.4, -0.2) is 11.2 Å². The van der Waals surface area contributed by atoms with Gasteiger partial charge in [-0.2, -0.15) is 13.2 Å². The van der Waals surface area contributed by atoms with Crippen molar-refractivity contribution in [3.63, 3.8) is 0 Å². The van der Waals surface area contributed by atoms with Gasteiger partial charge in [-0.1, -0.05) is 32.9 Å². The van der Waals surface area contributed by atoms with Crippen molar-refractivity contribution in [2.24, 2.45) is 0 Å². The van der Waals surface area contributed by atoms with Gasteiger partial charge in [-0.05, 0) is 30.5 Å². The summed E-state index contributed by atoms with van der Waals surface area (Å²) in [5, 5.41) is 9.32. The molecule has 1 aromatic rings. The fourth-order valence-corrected chi connectivity index (χ4v) is 1.25. The zero-order valence-electron chi connectivity index (χ0n) is 10.4. The summed E-state index contributed by atoms with van der Waals surface area (Å²) in [4.78, 5) is 0. The maximum Gasteiger partial charge on any atom is 0.416 e. The molecule has 1 atom stereocenters. The van der Waals surface area contributed by atoms with E-state index in [4.69, 9.17) is 0 Å². The number of aliphatic hydroxyl groups excluding tert-OH is 1. The van der Waals surface area contributed by atoms with Crippen LogP contribution in [0.15, 0.2) is 24.3 Å². The zero-order chi connectivity index (χ0) is 13.5. The van der Waals surface area contributed by atoms with E-state index in [0.717, 1.165) is 17.7 Å². The van der Waals surface area contributed by atoms with Crippen LogP contribution in [0.25, 0.3) is 0 Å². The Morgan fingerprint density at radius 2 is 1.59 bits per heavy atom. The summed E-state index contributed by atoms with van der Waals surface area (Å²) in [6.07, 6.45) is -3.78. The van der Waals surface area contributed by atoms with Gasteiger partial charge in [0.1, 0.15) is 0 Å². The van der Waals surface area contributed by atoms with Gasteiger partial charge in [-0.15, -0.1) is 0 Å². The molecule has 0 amide bonds. The Hall–Kier alpha value is -1.03. The van der Waals surface area contributed by atoms with E-state index < -0.39 is 17.8 Å². The monoisotopic (exact) mass is 248 g/mol. The summed E-state index contributed by atoms with van der Waals surface area (Å²) in [7, 11) is 0. The number of hydrogen-bond acceptors (Lipinski definition) is 1. The van der Waals surface area contributed by atoms with Crippen molar-refractivity contribution in [3.8, 4) is 0 Å². The molecule has 98 valence electrons. The van der Waals surface area contributed by atoms with Crippen molar-refractivity contribution in [1.29, 1.82) is 0 Å². The standard InChI is InChI=1S/C11H13F3O.C2H6/c1-2-10(15)7-8-3-5-9(6-4-8)11(12,13)14;1-2/h3-6,10,15H,2,7H2,1H3;1-2H3. The summed E-state index contributed by atoms with van der Waals surface area (Å²) in [6.45, 7) is 5.83. The van der Waals surface area contributed by atoms with Gasteiger partial charge in [-0.3, -0.25) is 0 Å². The van der Waals surface area contributed by atoms with E-state index in [1.54, 1.807) is 0 Å². The molecule has 0 spiro atoms. The quantitative estimate of drug-likeness (QED) is 0.855. The van der Waals surface area contributed by atoms with E-state index in [0.29, 0.717) is 12.8 Å². The first-order valence-corrected chi connectivity index (χ1v) is 5.77. The van der Waals surface area contributed by atoms with Crippen LogP contribution in [0.1, 0.15) is 38.3 Å². The number of halogens is 3. The molecule has 0 aliphatic carbocycles. The van der Waals surface area contributed by atoms with Crippen molar-refractivity contribution in [2.45, 2.75) is 45.9 Å². The summed E-state index contributed by atoms with van der Waals surface area (Å²) >= 11 is 0. The van der Waals surface area contributed by atoms with Crippen molar-refractivity contribution >= 4 is 0 Å². The third-order valence-electron chi connectivity index (χ3n) is 2.22. The molecule has 1 N–H and O–H groups in total. The maximum absolute atomic E-state index is 12.2. The minimum absolute atomic E-state index is 0.397. The summed E-state index contributed by atoms with van der Waals surface area (Å²) in [5.74, 6) is 0. The summed E-state index contributed by atoms with van der Waals surface area (Å²) in [5.41, 5.74) is 0.0644. The number of hydrogen-bond donors (Lipinski definition) is 1. The van der Waals surface area contributed by atoms with Gasteiger partial charge in [0.25, 0.3) is 0 Å². The lowest BCUT2D eigenvalue weighted by Gasteiger charge is -2.09. The topological polar surface area (TPSA) is 20.2 Å². The van der Waals surface area contributed by atoms with Crippen LogP contribution >= 0.6 is 0 Å². The van der Waals surface area contributed by atoms with Crippen molar-refractivity contribution in [2.75, 3.05) is 0 Å². The van der Waals surface area contributed by atoms with Crippen LogP contribution in [0.2, 0.25) is 0 Å². The third-order valence-corrected chi connectivity index (χ3v) is 2.22. The molecule has 1 rings (SSSR count). The third kappa shape index (κ3) is 5.73. The molecule has 0 fully saturated rings. The highest BCUT2D eigenvalue weighted by Crippen LogP contribution is 2.29. The number of alkyl halides is 3. The highest BCUT2D eigenvalue weighted by Gasteiger charge is 2.29. The van der Waals surface area contributed by atoms with E-state index in [2.05, 4.69) is 0 Å². The largest absolute Gasteiger partial charge is 0.416 e. The highest BCUT2D eigenvalue weighted by molar-refractivity contribution is 5.24. The van der Waals surface area contributed by atoms with Crippen molar-refractivity contribution < 1.29 is 18.3 Å². The molecule has 4 heteroatoms. The second kappa shape index (κ2) is 7.33. The molecule has 0 aromatic heterocycles. The molecule has 0 aliphatic heterocycles. The Labute approximate surface area is 100 Å². The van der Waals surface area contributed by atoms with E-state index in [9.17, 15) is 18.3 Å². The lowest BCUT2D eigenvalue weighted by atomic mass is 10.0. The normalized spacial score (nSPS) is 12.6. The second-order valence-electron chi connectivity index (χ2n) is 3.46. The fraction of sp³-hybridized carbons (Fsp3) is 0.538. The number of rotatable bonds is 3. The van der Waals surface area contributed by atoms with E-state index in [1.165, 1.54) is 12.1 Å². The molecule has 0 saturated heterocycles. The Bertz CT molecular complexity index is 303. The predicted molar refractivity (Wildman–Crippen MR) is 62.8 cm³/mol. The fourth-order valence-electron chi connectivity index (χ4n) is 1.25. The maximum atomic E-state index is 12.2. The van der Waals surface area contributed by atoms with Gasteiger partial charge in [-0.25, -0.2) is 0 Å². The molecule has 0 aliphatic rings. The van der Waals surface area contributed by atoms with Gasteiger partial charge in [0.15, 0.2) is 0 Å². The molecule has 1 unspecified atom stereocenters. The summed E-state index contributed by atoms with van der Waals surface area (Å²) in [6, 6.07) is 4.89. The van der Waals surface area contributed by atoms with Crippen molar-refractivity contribution in [1.82, 2.24) is 0 Å². The van der Waals surface area contributed by atoms with Crippen LogP contribution in [0.5, 0.6) is 0 Å². The van der Waals surface area contributed by atoms with Gasteiger partial charge < -0.3 is 5.11 Å². The number of benzene rings is 1. The van der Waals surface area contributed by atoms with Crippen LogP contribution in [0, 0.1) is 0 Å². The van der Waals surface area contributed by atoms with Gasteiger partial charge in [0.05, 0.1) is 11.7 Å². The van der Waals surface area contributed by atoms with Crippen molar-refractivity contribution in [3.05, 3.63) is 35.4 Å². The minimum Gasteiger partial charge on any atom is -0.393 e. The molecule has 1 aromatic carbocycles. The Kier molecular flexibility index (Phi) is 6.88. The first-order chi connectivity index (χ1) is 7.93. The Morgan fingerprint density at radius 3 is 1.94 bits per heavy atom. The van der Waals surface area contributed by atoms with Gasteiger partial charge in [0, 0.05) is 0 Å². The number of aliphatic hydroxyl groups is 1. The zero-order valence-corrected chi connectivity index (χ0v) is 10.4. The highest BCUT2D eigenvalue weighted by atomic mass is 19.4. The molecule has 0 heterocycles. The van der Waals surface area contributed by atoms with Gasteiger partial charge >= 0.3 is 6.18 Å². The Morgan fingerprint density at radius 1 is 1.12 bits per heavy atom. The lowest BCUT2D eigenvalue weighted by molar-refractivity contribution is -0.137. The molecular formula is C13H19F3O. The lowest BCUT2D eigenvalue weighted by Crippen LogP contribution is -2.09. The SMILES string of the molecule is CC.CCC(O)Cc1ccc(C(F)(F)F)cc1. The molecule has 0 radical (unpaired) electrons. The molecule has 0 bridgehead atoms. The first kappa shape index (κ1) is 16.0.